The standard InChI is InChI=1S/C23H19FN2O4S/c1-29-20-11-7-17(8-12-20)23-15-21(30-25-23)16-26(19-5-3-2-4-6-19)31(27,28)22-13-9-18(24)10-14-22/h2-15H,16H2,1H3. The quantitative estimate of drug-likeness (QED) is 0.411. The first-order valence-electron chi connectivity index (χ1n) is 9.41. The molecule has 6 nitrogen and oxygen atoms in total. The molecule has 0 aliphatic carbocycles. The van der Waals surface area contributed by atoms with Crippen molar-refractivity contribution < 1.29 is 22.1 Å². The minimum Gasteiger partial charge on any atom is -0.497 e. The number of rotatable bonds is 7. The molecule has 0 fully saturated rings. The highest BCUT2D eigenvalue weighted by atomic mass is 32.2. The van der Waals surface area contributed by atoms with Crippen molar-refractivity contribution in [2.75, 3.05) is 11.4 Å². The van der Waals surface area contributed by atoms with Crippen molar-refractivity contribution >= 4 is 15.7 Å². The minimum absolute atomic E-state index is 0.0207. The van der Waals surface area contributed by atoms with Crippen molar-refractivity contribution in [1.29, 1.82) is 0 Å². The molecule has 158 valence electrons. The van der Waals surface area contributed by atoms with Crippen LogP contribution in [0, 0.1) is 5.82 Å². The predicted octanol–water partition coefficient (Wildman–Crippen LogP) is 4.88. The molecule has 0 spiro atoms. The van der Waals surface area contributed by atoms with E-state index >= 15 is 0 Å². The van der Waals surface area contributed by atoms with Crippen LogP contribution >= 0.6 is 0 Å². The fourth-order valence-corrected chi connectivity index (χ4v) is 4.50. The van der Waals surface area contributed by atoms with E-state index in [1.54, 1.807) is 55.6 Å². The summed E-state index contributed by atoms with van der Waals surface area (Å²) in [6, 6.07) is 22.3. The second-order valence-corrected chi connectivity index (χ2v) is 8.57. The highest BCUT2D eigenvalue weighted by molar-refractivity contribution is 7.92. The van der Waals surface area contributed by atoms with Crippen LogP contribution in [0.15, 0.2) is 94.3 Å². The summed E-state index contributed by atoms with van der Waals surface area (Å²) in [7, 11) is -2.38. The van der Waals surface area contributed by atoms with Gasteiger partial charge in [-0.3, -0.25) is 4.31 Å². The lowest BCUT2D eigenvalue weighted by atomic mass is 10.1. The summed E-state index contributed by atoms with van der Waals surface area (Å²) in [5.74, 6) is 0.568. The number of para-hydroxylation sites is 1. The molecule has 0 unspecified atom stereocenters. The third kappa shape index (κ3) is 4.44. The van der Waals surface area contributed by atoms with Crippen LogP contribution < -0.4 is 9.04 Å². The van der Waals surface area contributed by atoms with Crippen LogP contribution in [0.2, 0.25) is 0 Å². The predicted molar refractivity (Wildman–Crippen MR) is 115 cm³/mol. The monoisotopic (exact) mass is 438 g/mol. The Morgan fingerprint density at radius 3 is 2.29 bits per heavy atom. The average molecular weight is 438 g/mol. The first-order valence-corrected chi connectivity index (χ1v) is 10.8. The fraction of sp³-hybridized carbons (Fsp3) is 0.0870. The Morgan fingerprint density at radius 1 is 0.968 bits per heavy atom. The molecule has 0 aliphatic heterocycles. The number of anilines is 1. The van der Waals surface area contributed by atoms with E-state index in [0.717, 1.165) is 17.7 Å². The van der Waals surface area contributed by atoms with E-state index in [9.17, 15) is 12.8 Å². The Labute approximate surface area is 179 Å². The highest BCUT2D eigenvalue weighted by Crippen LogP contribution is 2.28. The lowest BCUT2D eigenvalue weighted by molar-refractivity contribution is 0.386. The minimum atomic E-state index is -3.97. The van der Waals surface area contributed by atoms with Crippen LogP contribution in [0.1, 0.15) is 5.76 Å². The number of methoxy groups -OCH3 is 1. The molecule has 4 rings (SSSR count). The fourth-order valence-electron chi connectivity index (χ4n) is 3.07. The molecular formula is C23H19FN2O4S. The summed E-state index contributed by atoms with van der Waals surface area (Å²) in [5, 5.41) is 4.07. The van der Waals surface area contributed by atoms with Gasteiger partial charge in [0.05, 0.1) is 24.2 Å². The normalized spacial score (nSPS) is 11.3. The van der Waals surface area contributed by atoms with Gasteiger partial charge in [0, 0.05) is 11.6 Å². The van der Waals surface area contributed by atoms with Gasteiger partial charge >= 0.3 is 0 Å². The van der Waals surface area contributed by atoms with E-state index in [2.05, 4.69) is 5.16 Å². The zero-order valence-corrected chi connectivity index (χ0v) is 17.4. The van der Waals surface area contributed by atoms with Gasteiger partial charge in [0.25, 0.3) is 10.0 Å². The number of nitrogens with zero attached hydrogens (tertiary/aromatic N) is 2. The first kappa shape index (κ1) is 20.6. The second-order valence-electron chi connectivity index (χ2n) is 6.71. The van der Waals surface area contributed by atoms with Gasteiger partial charge in [-0.05, 0) is 60.7 Å². The van der Waals surface area contributed by atoms with Gasteiger partial charge in [0.1, 0.15) is 17.3 Å². The van der Waals surface area contributed by atoms with Crippen LogP contribution in [-0.4, -0.2) is 20.7 Å². The van der Waals surface area contributed by atoms with Gasteiger partial charge in [0.2, 0.25) is 0 Å². The molecule has 0 saturated carbocycles. The van der Waals surface area contributed by atoms with Crippen molar-refractivity contribution in [3.05, 3.63) is 96.5 Å². The Kier molecular flexibility index (Phi) is 5.73. The summed E-state index contributed by atoms with van der Waals surface area (Å²) < 4.78 is 51.8. The van der Waals surface area contributed by atoms with E-state index in [4.69, 9.17) is 9.26 Å². The SMILES string of the molecule is COc1ccc(-c2cc(CN(c3ccccc3)S(=O)(=O)c3ccc(F)cc3)on2)cc1. The number of hydrogen-bond donors (Lipinski definition) is 0. The second kappa shape index (κ2) is 8.61. The molecule has 0 radical (unpaired) electrons. The summed E-state index contributed by atoms with van der Waals surface area (Å²) in [6.07, 6.45) is 0. The lowest BCUT2D eigenvalue weighted by Crippen LogP contribution is -2.30. The van der Waals surface area contributed by atoms with Gasteiger partial charge in [0.15, 0.2) is 5.76 Å². The molecule has 0 bridgehead atoms. The summed E-state index contributed by atoms with van der Waals surface area (Å²) >= 11 is 0. The zero-order chi connectivity index (χ0) is 21.8. The van der Waals surface area contributed by atoms with Crippen LogP contribution in [0.3, 0.4) is 0 Å². The highest BCUT2D eigenvalue weighted by Gasteiger charge is 2.26. The Bertz CT molecular complexity index is 1260. The van der Waals surface area contributed by atoms with E-state index in [1.807, 2.05) is 12.1 Å². The molecule has 0 amide bonds. The molecule has 31 heavy (non-hydrogen) atoms. The zero-order valence-electron chi connectivity index (χ0n) is 16.6. The number of hydrogen-bond acceptors (Lipinski definition) is 5. The Balaban J connectivity index is 1.67. The van der Waals surface area contributed by atoms with Crippen LogP contribution in [0.5, 0.6) is 5.75 Å². The van der Waals surface area contributed by atoms with Gasteiger partial charge in [-0.25, -0.2) is 12.8 Å². The number of benzene rings is 3. The molecule has 0 atom stereocenters. The third-order valence-electron chi connectivity index (χ3n) is 4.69. The summed E-state index contributed by atoms with van der Waals surface area (Å²) in [6.45, 7) is -0.0765. The molecule has 0 saturated heterocycles. The number of halogens is 1. The van der Waals surface area contributed by atoms with Crippen molar-refractivity contribution in [3.63, 3.8) is 0 Å². The molecular weight excluding hydrogens is 419 g/mol. The van der Waals surface area contributed by atoms with Crippen molar-refractivity contribution in [2.24, 2.45) is 0 Å². The molecule has 0 aliphatic rings. The van der Waals surface area contributed by atoms with Gasteiger partial charge in [-0.15, -0.1) is 0 Å². The lowest BCUT2D eigenvalue weighted by Gasteiger charge is -2.23. The third-order valence-corrected chi connectivity index (χ3v) is 6.48. The van der Waals surface area contributed by atoms with Crippen molar-refractivity contribution in [3.8, 4) is 17.0 Å². The molecule has 1 aromatic heterocycles. The molecule has 3 aromatic carbocycles. The molecule has 4 aromatic rings. The smallest absolute Gasteiger partial charge is 0.264 e. The first-order chi connectivity index (χ1) is 15.0. The van der Waals surface area contributed by atoms with Crippen molar-refractivity contribution in [2.45, 2.75) is 11.4 Å². The Hall–Kier alpha value is -3.65. The number of sulfonamides is 1. The topological polar surface area (TPSA) is 72.6 Å². The Morgan fingerprint density at radius 2 is 1.65 bits per heavy atom. The molecule has 0 N–H and O–H groups in total. The van der Waals surface area contributed by atoms with Gasteiger partial charge in [-0.2, -0.15) is 0 Å². The average Bonchev–Trinajstić information content (AvgIpc) is 3.27. The van der Waals surface area contributed by atoms with Gasteiger partial charge < -0.3 is 9.26 Å². The van der Waals surface area contributed by atoms with Crippen molar-refractivity contribution in [1.82, 2.24) is 5.16 Å². The largest absolute Gasteiger partial charge is 0.497 e. The molecule has 1 heterocycles. The number of aromatic nitrogens is 1. The van der Waals surface area contributed by atoms with Crippen LogP contribution in [0.25, 0.3) is 11.3 Å². The van der Waals surface area contributed by atoms with E-state index in [1.165, 1.54) is 16.4 Å². The maximum Gasteiger partial charge on any atom is 0.264 e. The van der Waals surface area contributed by atoms with E-state index in [-0.39, 0.29) is 11.4 Å². The maximum absolute atomic E-state index is 13.3. The van der Waals surface area contributed by atoms with E-state index < -0.39 is 15.8 Å². The maximum atomic E-state index is 13.3. The number of ether oxygens (including phenoxy) is 1. The van der Waals surface area contributed by atoms with Crippen LogP contribution in [0.4, 0.5) is 10.1 Å². The summed E-state index contributed by atoms with van der Waals surface area (Å²) in [4.78, 5) is -0.0207. The molecule has 8 heteroatoms. The summed E-state index contributed by atoms with van der Waals surface area (Å²) in [5.41, 5.74) is 1.84. The van der Waals surface area contributed by atoms with E-state index in [0.29, 0.717) is 22.9 Å². The van der Waals surface area contributed by atoms with Crippen LogP contribution in [-0.2, 0) is 16.6 Å². The van der Waals surface area contributed by atoms with Gasteiger partial charge in [-0.1, -0.05) is 23.4 Å².